The fraction of sp³-hybridized carbons (Fsp3) is 0.200. The molecule has 0 aliphatic heterocycles. The van der Waals surface area contributed by atoms with E-state index in [1.807, 2.05) is 13.0 Å². The van der Waals surface area contributed by atoms with Crippen LogP contribution in [-0.2, 0) is 11.0 Å². The Bertz CT molecular complexity index is 664. The lowest BCUT2D eigenvalue weighted by Gasteiger charge is -2.03. The molecule has 0 saturated heterocycles. The first-order valence-electron chi connectivity index (χ1n) is 5.01. The molecule has 0 aromatic carbocycles. The molecule has 0 bridgehead atoms. The molecule has 0 spiro atoms. The van der Waals surface area contributed by atoms with Gasteiger partial charge in [-0.15, -0.1) is 11.3 Å². The number of nitriles is 1. The lowest BCUT2D eigenvalue weighted by molar-refractivity contribution is 0.387. The molecule has 18 heavy (non-hydrogen) atoms. The Morgan fingerprint density at radius 1 is 1.61 bits per heavy atom. The summed E-state index contributed by atoms with van der Waals surface area (Å²) < 4.78 is 16.4. The molecule has 0 aliphatic carbocycles. The second-order valence-electron chi connectivity index (χ2n) is 3.44. The summed E-state index contributed by atoms with van der Waals surface area (Å²) >= 11 is 1.19. The maximum atomic E-state index is 11.3. The quantitative estimate of drug-likeness (QED) is 0.829. The number of thiazole rings is 1. The van der Waals surface area contributed by atoms with Gasteiger partial charge < -0.3 is 14.2 Å². The van der Waals surface area contributed by atoms with Crippen molar-refractivity contribution in [2.24, 2.45) is 0 Å². The molecule has 94 valence electrons. The molecule has 2 aromatic heterocycles. The highest BCUT2D eigenvalue weighted by molar-refractivity contribution is 7.60. The van der Waals surface area contributed by atoms with Crippen LogP contribution in [0.15, 0.2) is 16.7 Å². The van der Waals surface area contributed by atoms with Gasteiger partial charge in [-0.05, 0) is 12.5 Å². The Kier molecular flexibility index (Phi) is 3.37. The lowest BCUT2D eigenvalue weighted by Crippen LogP contribution is -2.04. The van der Waals surface area contributed by atoms with Crippen LogP contribution in [0, 0.1) is 11.3 Å². The van der Waals surface area contributed by atoms with Crippen molar-refractivity contribution in [3.8, 4) is 17.5 Å². The van der Waals surface area contributed by atoms with E-state index in [1.165, 1.54) is 23.7 Å². The summed E-state index contributed by atoms with van der Waals surface area (Å²) in [5, 5.41) is 8.85. The van der Waals surface area contributed by atoms with Crippen molar-refractivity contribution in [2.75, 3.05) is 0 Å². The molecule has 2 rings (SSSR count). The van der Waals surface area contributed by atoms with E-state index in [-0.39, 0.29) is 16.1 Å². The maximum absolute atomic E-state index is 11.3. The van der Waals surface area contributed by atoms with Crippen LogP contribution in [0.5, 0.6) is 0 Å². The molecule has 0 radical (unpaired) electrons. The van der Waals surface area contributed by atoms with Gasteiger partial charge in [-0.2, -0.15) is 5.26 Å². The van der Waals surface area contributed by atoms with Crippen LogP contribution in [0.25, 0.3) is 11.5 Å². The van der Waals surface area contributed by atoms with Gasteiger partial charge in [-0.1, -0.05) is 6.92 Å². The summed E-state index contributed by atoms with van der Waals surface area (Å²) in [4.78, 5) is 23.2. The molecule has 0 aliphatic rings. The van der Waals surface area contributed by atoms with Gasteiger partial charge in [0.05, 0.1) is 6.26 Å². The first-order valence-corrected chi connectivity index (χ1v) is 7.44. The van der Waals surface area contributed by atoms with Crippen LogP contribution in [0.4, 0.5) is 0 Å². The van der Waals surface area contributed by atoms with E-state index < -0.39 is 7.60 Å². The zero-order valence-electron chi connectivity index (χ0n) is 9.32. The Hall–Kier alpha value is -1.45. The summed E-state index contributed by atoms with van der Waals surface area (Å²) in [5.41, 5.74) is 0.336. The zero-order chi connectivity index (χ0) is 13.3. The van der Waals surface area contributed by atoms with E-state index in [0.29, 0.717) is 12.1 Å². The molecular weight excluding hydrogens is 275 g/mol. The predicted octanol–water partition coefficient (Wildman–Crippen LogP) is 1.64. The molecule has 2 N–H and O–H groups in total. The number of furan rings is 1. The van der Waals surface area contributed by atoms with Gasteiger partial charge in [0.2, 0.25) is 0 Å². The Balaban J connectivity index is 2.63. The maximum Gasteiger partial charge on any atom is 0.360 e. The van der Waals surface area contributed by atoms with Gasteiger partial charge >= 0.3 is 7.60 Å². The third-order valence-corrected chi connectivity index (χ3v) is 4.37. The number of hydrogen-bond donors (Lipinski definition) is 2. The minimum absolute atomic E-state index is 0.0398. The van der Waals surface area contributed by atoms with Gasteiger partial charge in [0.15, 0.2) is 10.8 Å². The van der Waals surface area contributed by atoms with Crippen molar-refractivity contribution >= 4 is 24.2 Å². The summed E-state index contributed by atoms with van der Waals surface area (Å²) in [7, 11) is -4.41. The zero-order valence-corrected chi connectivity index (χ0v) is 11.0. The smallest absolute Gasteiger partial charge is 0.360 e. The van der Waals surface area contributed by atoms with Crippen molar-refractivity contribution in [1.29, 1.82) is 5.26 Å². The van der Waals surface area contributed by atoms with Crippen molar-refractivity contribution in [2.45, 2.75) is 13.3 Å². The van der Waals surface area contributed by atoms with Crippen molar-refractivity contribution in [1.82, 2.24) is 4.98 Å². The summed E-state index contributed by atoms with van der Waals surface area (Å²) in [6.07, 6.45) is 1.81. The fourth-order valence-electron chi connectivity index (χ4n) is 1.53. The summed E-state index contributed by atoms with van der Waals surface area (Å²) in [6.45, 7) is 1.87. The van der Waals surface area contributed by atoms with Gasteiger partial charge in [0, 0.05) is 4.88 Å². The van der Waals surface area contributed by atoms with Crippen molar-refractivity contribution in [3.63, 3.8) is 0 Å². The molecular formula is C10H9N2O4PS. The van der Waals surface area contributed by atoms with Crippen LogP contribution in [0.3, 0.4) is 0 Å². The summed E-state index contributed by atoms with van der Waals surface area (Å²) in [6, 6.07) is 3.14. The van der Waals surface area contributed by atoms with Crippen molar-refractivity contribution in [3.05, 3.63) is 22.2 Å². The summed E-state index contributed by atoms with van der Waals surface area (Å²) in [5.74, 6) is 0.0398. The van der Waals surface area contributed by atoms with Crippen LogP contribution in [0.2, 0.25) is 0 Å². The standard InChI is InChI=1S/C10H9N2O4PS/c1-2-7-9(12-8(5-11)18-7)10-6(3-4-16-10)17(13,14)15/h3-4H,2H2,1H3,(H2,13,14,15). The van der Waals surface area contributed by atoms with Crippen LogP contribution >= 0.6 is 18.9 Å². The van der Waals surface area contributed by atoms with Gasteiger partial charge in [-0.25, -0.2) is 4.98 Å². The third kappa shape index (κ3) is 2.24. The molecule has 0 fully saturated rings. The first kappa shape index (κ1) is 13.0. The van der Waals surface area contributed by atoms with Crippen LogP contribution in [-0.4, -0.2) is 14.8 Å². The van der Waals surface area contributed by atoms with E-state index in [0.717, 1.165) is 4.88 Å². The largest absolute Gasteiger partial charge is 0.462 e. The van der Waals surface area contributed by atoms with Crippen LogP contribution < -0.4 is 5.30 Å². The predicted molar refractivity (Wildman–Crippen MR) is 65.6 cm³/mol. The average Bonchev–Trinajstić information content (AvgIpc) is 2.93. The topological polar surface area (TPSA) is 107 Å². The van der Waals surface area contributed by atoms with Gasteiger partial charge in [0.25, 0.3) is 0 Å². The highest BCUT2D eigenvalue weighted by atomic mass is 32.1. The molecule has 0 saturated carbocycles. The highest BCUT2D eigenvalue weighted by Gasteiger charge is 2.28. The Morgan fingerprint density at radius 2 is 2.33 bits per heavy atom. The molecule has 2 aromatic rings. The number of rotatable bonds is 3. The SMILES string of the molecule is CCc1sc(C#N)nc1-c1occc1P(=O)(O)O. The first-order chi connectivity index (χ1) is 8.47. The number of aromatic nitrogens is 1. The molecule has 0 unspecified atom stereocenters. The minimum Gasteiger partial charge on any atom is -0.462 e. The monoisotopic (exact) mass is 284 g/mol. The lowest BCUT2D eigenvalue weighted by atomic mass is 10.2. The van der Waals surface area contributed by atoms with Gasteiger partial charge in [0.1, 0.15) is 17.1 Å². The number of aryl methyl sites for hydroxylation is 1. The average molecular weight is 284 g/mol. The van der Waals surface area contributed by atoms with Crippen LogP contribution in [0.1, 0.15) is 16.8 Å². The second-order valence-corrected chi connectivity index (χ2v) is 6.09. The molecule has 0 amide bonds. The minimum atomic E-state index is -4.41. The molecule has 2 heterocycles. The fourth-order valence-corrected chi connectivity index (χ4v) is 3.00. The van der Waals surface area contributed by atoms with E-state index in [4.69, 9.17) is 9.68 Å². The normalized spacial score (nSPS) is 11.4. The van der Waals surface area contributed by atoms with E-state index in [2.05, 4.69) is 4.98 Å². The second kappa shape index (κ2) is 4.67. The third-order valence-electron chi connectivity index (χ3n) is 2.29. The van der Waals surface area contributed by atoms with E-state index in [1.54, 1.807) is 0 Å². The molecule has 8 heteroatoms. The van der Waals surface area contributed by atoms with E-state index in [9.17, 15) is 14.4 Å². The number of nitrogens with zero attached hydrogens (tertiary/aromatic N) is 2. The highest BCUT2D eigenvalue weighted by Crippen LogP contribution is 2.39. The number of hydrogen-bond acceptors (Lipinski definition) is 5. The van der Waals surface area contributed by atoms with Gasteiger partial charge in [-0.3, -0.25) is 4.57 Å². The Morgan fingerprint density at radius 3 is 2.89 bits per heavy atom. The van der Waals surface area contributed by atoms with E-state index >= 15 is 0 Å². The van der Waals surface area contributed by atoms with Crippen molar-refractivity contribution < 1.29 is 18.8 Å². The molecule has 6 nitrogen and oxygen atoms in total. The Labute approximate surface area is 107 Å². The molecule has 0 atom stereocenters.